The second kappa shape index (κ2) is 5.78. The fraction of sp³-hybridized carbons (Fsp3) is 0.500. The average molecular weight is 301 g/mol. The normalized spacial score (nSPS) is 25.3. The molecule has 1 aromatic carbocycles. The lowest BCUT2D eigenvalue weighted by Crippen LogP contribution is -2.34. The average Bonchev–Trinajstić information content (AvgIpc) is 3.12. The molecule has 3 heterocycles. The molecule has 22 heavy (non-hydrogen) atoms. The molecule has 2 aliphatic rings. The van der Waals surface area contributed by atoms with Gasteiger partial charge in [-0.05, 0) is 37.0 Å². The Hall–Kier alpha value is -1.79. The van der Waals surface area contributed by atoms with Gasteiger partial charge in [0.2, 0.25) is 0 Å². The van der Waals surface area contributed by atoms with E-state index in [1.165, 1.54) is 36.6 Å². The number of nitrogens with zero attached hydrogens (tertiary/aromatic N) is 4. The van der Waals surface area contributed by atoms with Crippen LogP contribution in [0.2, 0.25) is 0 Å². The summed E-state index contributed by atoms with van der Waals surface area (Å²) >= 11 is 0. The minimum absolute atomic E-state index is 0.252. The molecule has 0 spiro atoms. The first-order chi connectivity index (χ1) is 10.8. The molecule has 2 unspecified atom stereocenters. The van der Waals surface area contributed by atoms with Gasteiger partial charge in [-0.15, -0.1) is 0 Å². The van der Waals surface area contributed by atoms with Crippen molar-refractivity contribution in [2.24, 2.45) is 0 Å². The quantitative estimate of drug-likeness (QED) is 0.938. The predicted molar refractivity (Wildman–Crippen MR) is 81.2 cm³/mol. The van der Waals surface area contributed by atoms with E-state index in [1.807, 2.05) is 6.07 Å². The molecule has 5 nitrogen and oxygen atoms in total. The largest absolute Gasteiger partial charge is 0.310 e. The summed E-state index contributed by atoms with van der Waals surface area (Å²) in [6, 6.07) is 6.67. The highest BCUT2D eigenvalue weighted by molar-refractivity contribution is 5.35. The Morgan fingerprint density at radius 2 is 2.14 bits per heavy atom. The predicted octanol–water partition coefficient (Wildman–Crippen LogP) is 1.73. The van der Waals surface area contributed by atoms with Gasteiger partial charge in [-0.1, -0.05) is 6.07 Å². The smallest absolute Gasteiger partial charge is 0.149 e. The zero-order valence-electron chi connectivity index (χ0n) is 12.5. The van der Waals surface area contributed by atoms with Crippen molar-refractivity contribution in [2.45, 2.75) is 37.9 Å². The molecule has 1 aromatic heterocycles. The third-order valence-corrected chi connectivity index (χ3v) is 4.69. The van der Waals surface area contributed by atoms with Crippen molar-refractivity contribution in [2.75, 3.05) is 13.1 Å². The number of hydrogen-bond donors (Lipinski definition) is 1. The lowest BCUT2D eigenvalue weighted by Gasteiger charge is -2.24. The van der Waals surface area contributed by atoms with E-state index in [1.54, 1.807) is 12.1 Å². The van der Waals surface area contributed by atoms with Gasteiger partial charge in [0.15, 0.2) is 0 Å². The molecule has 116 valence electrons. The molecule has 2 aliphatic heterocycles. The molecule has 2 atom stereocenters. The molecule has 0 radical (unpaired) electrons. The van der Waals surface area contributed by atoms with Crippen molar-refractivity contribution in [3.63, 3.8) is 0 Å². The van der Waals surface area contributed by atoms with Gasteiger partial charge < -0.3 is 5.32 Å². The van der Waals surface area contributed by atoms with Crippen LogP contribution in [0, 0.1) is 5.82 Å². The second-order valence-electron chi connectivity index (χ2n) is 6.29. The van der Waals surface area contributed by atoms with Crippen LogP contribution in [0.15, 0.2) is 30.9 Å². The van der Waals surface area contributed by atoms with Gasteiger partial charge in [-0.2, -0.15) is 5.10 Å². The maximum atomic E-state index is 14.3. The number of likely N-dealkylation sites (tertiary alicyclic amines) is 1. The molecular formula is C16H20FN5. The van der Waals surface area contributed by atoms with Crippen LogP contribution in [0.3, 0.4) is 0 Å². The van der Waals surface area contributed by atoms with Crippen LogP contribution in [0.5, 0.6) is 0 Å². The van der Waals surface area contributed by atoms with E-state index >= 15 is 0 Å². The highest BCUT2D eigenvalue weighted by Crippen LogP contribution is 2.22. The van der Waals surface area contributed by atoms with Crippen molar-refractivity contribution in [3.05, 3.63) is 42.2 Å². The summed E-state index contributed by atoms with van der Waals surface area (Å²) in [5.41, 5.74) is 1.46. The van der Waals surface area contributed by atoms with Crippen LogP contribution in [0.25, 0.3) is 5.69 Å². The van der Waals surface area contributed by atoms with Gasteiger partial charge in [0.25, 0.3) is 0 Å². The highest BCUT2D eigenvalue weighted by Gasteiger charge is 2.29. The summed E-state index contributed by atoms with van der Waals surface area (Å²) in [7, 11) is 0. The van der Waals surface area contributed by atoms with Crippen LogP contribution in [0.1, 0.15) is 24.8 Å². The first-order valence-corrected chi connectivity index (χ1v) is 7.90. The summed E-state index contributed by atoms with van der Waals surface area (Å²) in [4.78, 5) is 6.29. The fourth-order valence-electron chi connectivity index (χ4n) is 3.58. The molecule has 1 N–H and O–H groups in total. The minimum atomic E-state index is -0.252. The lowest BCUT2D eigenvalue weighted by atomic mass is 10.1. The summed E-state index contributed by atoms with van der Waals surface area (Å²) in [5.74, 6) is -0.252. The number of aromatic nitrogens is 3. The van der Waals surface area contributed by atoms with Gasteiger partial charge in [0.05, 0.1) is 0 Å². The van der Waals surface area contributed by atoms with E-state index in [9.17, 15) is 4.39 Å². The molecule has 2 aromatic rings. The lowest BCUT2D eigenvalue weighted by molar-refractivity contribution is 0.250. The highest BCUT2D eigenvalue weighted by atomic mass is 19.1. The van der Waals surface area contributed by atoms with Crippen LogP contribution >= 0.6 is 0 Å². The van der Waals surface area contributed by atoms with E-state index in [4.69, 9.17) is 0 Å². The Bertz CT molecular complexity index is 642. The molecular weight excluding hydrogens is 281 g/mol. The van der Waals surface area contributed by atoms with Crippen molar-refractivity contribution in [1.82, 2.24) is 25.0 Å². The van der Waals surface area contributed by atoms with Crippen LogP contribution < -0.4 is 5.32 Å². The summed E-state index contributed by atoms with van der Waals surface area (Å²) in [6.07, 6.45) is 6.68. The third-order valence-electron chi connectivity index (χ3n) is 4.69. The zero-order valence-corrected chi connectivity index (χ0v) is 12.5. The number of halogens is 1. The van der Waals surface area contributed by atoms with E-state index in [-0.39, 0.29) is 5.82 Å². The molecule has 2 bridgehead atoms. The Kier molecular flexibility index (Phi) is 3.63. The van der Waals surface area contributed by atoms with E-state index in [0.29, 0.717) is 17.8 Å². The minimum Gasteiger partial charge on any atom is -0.310 e. The van der Waals surface area contributed by atoms with Crippen molar-refractivity contribution >= 4 is 0 Å². The fourth-order valence-corrected chi connectivity index (χ4v) is 3.58. The first kappa shape index (κ1) is 13.8. The molecule has 2 saturated heterocycles. The second-order valence-corrected chi connectivity index (χ2v) is 6.29. The maximum absolute atomic E-state index is 14.3. The Morgan fingerprint density at radius 1 is 1.23 bits per heavy atom. The van der Waals surface area contributed by atoms with Gasteiger partial charge in [0, 0.05) is 31.7 Å². The zero-order chi connectivity index (χ0) is 14.9. The first-order valence-electron chi connectivity index (χ1n) is 7.90. The number of benzene rings is 1. The third kappa shape index (κ3) is 2.76. The Labute approximate surface area is 129 Å². The van der Waals surface area contributed by atoms with Crippen LogP contribution in [-0.4, -0.2) is 44.8 Å². The summed E-state index contributed by atoms with van der Waals surface area (Å²) < 4.78 is 15.7. The SMILES string of the molecule is Fc1cc(CN2CCC3CCC(C2)N3)ccc1-n1cncn1. The Morgan fingerprint density at radius 3 is 2.95 bits per heavy atom. The van der Waals surface area contributed by atoms with E-state index in [0.717, 1.165) is 25.2 Å². The van der Waals surface area contributed by atoms with Crippen LogP contribution in [-0.2, 0) is 6.54 Å². The van der Waals surface area contributed by atoms with Crippen molar-refractivity contribution < 1.29 is 4.39 Å². The molecule has 6 heteroatoms. The van der Waals surface area contributed by atoms with Crippen molar-refractivity contribution in [1.29, 1.82) is 0 Å². The van der Waals surface area contributed by atoms with Gasteiger partial charge in [-0.3, -0.25) is 4.90 Å². The molecule has 0 aliphatic carbocycles. The number of nitrogens with one attached hydrogen (secondary N) is 1. The van der Waals surface area contributed by atoms with Gasteiger partial charge in [0.1, 0.15) is 24.2 Å². The molecule has 4 rings (SSSR count). The summed E-state index contributed by atoms with van der Waals surface area (Å²) in [5, 5.41) is 7.65. The number of rotatable bonds is 3. The molecule has 0 saturated carbocycles. The Balaban J connectivity index is 1.48. The standard InChI is InChI=1S/C16H20FN5/c17-15-7-12(1-4-16(15)22-11-18-10-19-22)8-21-6-5-13-2-3-14(9-21)20-13/h1,4,7,10-11,13-14,20H,2-3,5-6,8-9H2. The molecule has 2 fully saturated rings. The maximum Gasteiger partial charge on any atom is 0.149 e. The topological polar surface area (TPSA) is 46.0 Å². The number of fused-ring (bicyclic) bond motifs is 2. The monoisotopic (exact) mass is 301 g/mol. The van der Waals surface area contributed by atoms with Gasteiger partial charge in [-0.25, -0.2) is 14.1 Å². The van der Waals surface area contributed by atoms with Gasteiger partial charge >= 0.3 is 0 Å². The van der Waals surface area contributed by atoms with E-state index in [2.05, 4.69) is 20.3 Å². The van der Waals surface area contributed by atoms with Crippen LogP contribution in [0.4, 0.5) is 4.39 Å². The van der Waals surface area contributed by atoms with E-state index < -0.39 is 0 Å². The summed E-state index contributed by atoms with van der Waals surface area (Å²) in [6.45, 7) is 2.95. The molecule has 0 amide bonds. The number of hydrogen-bond acceptors (Lipinski definition) is 4. The van der Waals surface area contributed by atoms with Crippen molar-refractivity contribution in [3.8, 4) is 5.69 Å².